The zero-order valence-corrected chi connectivity index (χ0v) is 39.8. The summed E-state index contributed by atoms with van der Waals surface area (Å²) in [6.45, 7) is 9.35. The van der Waals surface area contributed by atoms with Crippen LogP contribution in [0.1, 0.15) is 178 Å². The number of hydrogen-bond acceptors (Lipinski definition) is 0. The van der Waals surface area contributed by atoms with Crippen molar-refractivity contribution in [1.82, 2.24) is 0 Å². The predicted molar refractivity (Wildman–Crippen MR) is 280 cm³/mol. The van der Waals surface area contributed by atoms with E-state index >= 15 is 0 Å². The minimum absolute atomic E-state index is 0.0717. The Kier molecular flexibility index (Phi) is 13.9. The molecule has 0 saturated carbocycles. The fourth-order valence-corrected chi connectivity index (χ4v) is 12.5. The van der Waals surface area contributed by atoms with Gasteiger partial charge in [-0.05, 0) is 138 Å². The van der Waals surface area contributed by atoms with Gasteiger partial charge in [0.25, 0.3) is 0 Å². The smallest absolute Gasteiger partial charge is 0.0215 e. The molecule has 0 saturated heterocycles. The lowest BCUT2D eigenvalue weighted by Gasteiger charge is -2.33. The summed E-state index contributed by atoms with van der Waals surface area (Å²) in [4.78, 5) is 0. The van der Waals surface area contributed by atoms with Crippen molar-refractivity contribution in [2.75, 3.05) is 0 Å². The van der Waals surface area contributed by atoms with Gasteiger partial charge in [-0.3, -0.25) is 0 Å². The number of benzene rings is 7. The van der Waals surface area contributed by atoms with E-state index in [0.29, 0.717) is 0 Å². The first kappa shape index (κ1) is 44.3. The lowest BCUT2D eigenvalue weighted by atomic mass is 9.70. The fraction of sp³-hybridized carbons (Fsp3) is 0.406. The SMILES string of the molecule is CCCCCCC1(CCCCCC)c2ccccc2-c2ccc(-c3cccc4cc5cccc(-c6ccc7c(c6)C(CCCCCC)(CCCCCC)c6ccccc6-7)c5cc34)cc21. The molecule has 7 aromatic rings. The van der Waals surface area contributed by atoms with Gasteiger partial charge < -0.3 is 0 Å². The summed E-state index contributed by atoms with van der Waals surface area (Å²) < 4.78 is 0. The molecule has 0 bridgehead atoms. The predicted octanol–water partition coefficient (Wildman–Crippen LogP) is 19.7. The van der Waals surface area contributed by atoms with E-state index in [9.17, 15) is 0 Å². The molecule has 0 heteroatoms. The average Bonchev–Trinajstić information content (AvgIpc) is 3.77. The molecule has 0 fully saturated rings. The van der Waals surface area contributed by atoms with E-state index in [0.717, 1.165) is 0 Å². The highest BCUT2D eigenvalue weighted by Gasteiger charge is 2.43. The summed E-state index contributed by atoms with van der Waals surface area (Å²) in [5, 5.41) is 5.34. The van der Waals surface area contributed by atoms with Crippen molar-refractivity contribution >= 4 is 21.5 Å². The van der Waals surface area contributed by atoms with Gasteiger partial charge in [0.1, 0.15) is 0 Å². The maximum Gasteiger partial charge on any atom is 0.0215 e. The first-order chi connectivity index (χ1) is 31.6. The van der Waals surface area contributed by atoms with Crippen LogP contribution in [0.25, 0.3) is 66.1 Å². The molecule has 0 atom stereocenters. The van der Waals surface area contributed by atoms with Gasteiger partial charge in [-0.15, -0.1) is 0 Å². The molecule has 0 aliphatic heterocycles. The van der Waals surface area contributed by atoms with Gasteiger partial charge in [-0.25, -0.2) is 0 Å². The van der Waals surface area contributed by atoms with Crippen molar-refractivity contribution in [2.45, 2.75) is 167 Å². The van der Waals surface area contributed by atoms with E-state index < -0.39 is 0 Å². The van der Waals surface area contributed by atoms with Crippen molar-refractivity contribution < 1.29 is 0 Å². The Morgan fingerprint density at radius 1 is 0.281 bits per heavy atom. The van der Waals surface area contributed by atoms with E-state index in [2.05, 4.69) is 161 Å². The Bertz CT molecular complexity index is 2480. The number of rotatable bonds is 22. The van der Waals surface area contributed by atoms with Crippen molar-refractivity contribution in [3.63, 3.8) is 0 Å². The molecule has 7 aromatic carbocycles. The van der Waals surface area contributed by atoms with Crippen LogP contribution >= 0.6 is 0 Å². The molecule has 0 nitrogen and oxygen atoms in total. The first-order valence-corrected chi connectivity index (χ1v) is 26.0. The standard InChI is InChI=1S/C64H74/c1-5-9-13-21-39-63(40-22-14-10-6-2)59-33-19-17-29-53(59)55-37-35-49(44-61(55)63)51-31-25-27-47-43-48-28-26-32-52(58(48)46-57(47)51)50-36-38-56-54-30-18-20-34-60(54)64(62(56)45-50,41-23-15-11-7-3)42-24-16-12-8-4/h17-20,25-38,43-46H,5-16,21-24,39-42H2,1-4H3. The molecular formula is C64H74. The summed E-state index contributed by atoms with van der Waals surface area (Å²) in [6, 6.07) is 53.0. The van der Waals surface area contributed by atoms with Crippen LogP contribution in [0.5, 0.6) is 0 Å². The Balaban J connectivity index is 1.15. The maximum atomic E-state index is 2.64. The summed E-state index contributed by atoms with van der Waals surface area (Å²) >= 11 is 0. The third-order valence-corrected chi connectivity index (χ3v) is 15.9. The zero-order valence-electron chi connectivity index (χ0n) is 39.8. The number of fused-ring (bicyclic) bond motifs is 8. The van der Waals surface area contributed by atoms with E-state index in [1.807, 2.05) is 0 Å². The van der Waals surface area contributed by atoms with Crippen LogP contribution in [-0.4, -0.2) is 0 Å². The second-order valence-electron chi connectivity index (χ2n) is 19.9. The maximum absolute atomic E-state index is 2.64. The van der Waals surface area contributed by atoms with Crippen LogP contribution < -0.4 is 0 Å². The monoisotopic (exact) mass is 843 g/mol. The Labute approximate surface area is 386 Å². The van der Waals surface area contributed by atoms with Gasteiger partial charge in [0.15, 0.2) is 0 Å². The molecule has 0 radical (unpaired) electrons. The highest BCUT2D eigenvalue weighted by Crippen LogP contribution is 2.57. The molecule has 0 spiro atoms. The van der Waals surface area contributed by atoms with Crippen LogP contribution in [0.2, 0.25) is 0 Å². The van der Waals surface area contributed by atoms with E-state index in [-0.39, 0.29) is 10.8 Å². The quantitative estimate of drug-likeness (QED) is 0.0471. The molecule has 0 N–H and O–H groups in total. The molecule has 0 heterocycles. The highest BCUT2D eigenvalue weighted by molar-refractivity contribution is 6.09. The largest absolute Gasteiger partial charge is 0.0654 e. The zero-order chi connectivity index (χ0) is 43.9. The summed E-state index contributed by atoms with van der Waals surface area (Å²) in [5.74, 6) is 0. The highest BCUT2D eigenvalue weighted by atomic mass is 14.5. The summed E-state index contributed by atoms with van der Waals surface area (Å²) in [6.07, 6.45) is 25.8. The van der Waals surface area contributed by atoms with Crippen LogP contribution in [0, 0.1) is 0 Å². The van der Waals surface area contributed by atoms with E-state index in [4.69, 9.17) is 0 Å². The molecule has 2 aliphatic carbocycles. The van der Waals surface area contributed by atoms with Gasteiger partial charge in [-0.1, -0.05) is 240 Å². The molecule has 64 heavy (non-hydrogen) atoms. The average molecular weight is 843 g/mol. The van der Waals surface area contributed by atoms with E-state index in [1.165, 1.54) is 194 Å². The van der Waals surface area contributed by atoms with Gasteiger partial charge in [-0.2, -0.15) is 0 Å². The minimum Gasteiger partial charge on any atom is -0.0654 e. The van der Waals surface area contributed by atoms with E-state index in [1.54, 1.807) is 22.3 Å². The third kappa shape index (κ3) is 8.29. The summed E-state index contributed by atoms with van der Waals surface area (Å²) in [5.41, 5.74) is 17.7. The van der Waals surface area contributed by atoms with Gasteiger partial charge in [0, 0.05) is 10.8 Å². The van der Waals surface area contributed by atoms with Crippen molar-refractivity contribution in [3.8, 4) is 44.5 Å². The number of unbranched alkanes of at least 4 members (excludes halogenated alkanes) is 12. The first-order valence-electron chi connectivity index (χ1n) is 26.0. The molecule has 0 amide bonds. The lowest BCUT2D eigenvalue weighted by molar-refractivity contribution is 0.401. The Morgan fingerprint density at radius 2 is 0.641 bits per heavy atom. The molecule has 330 valence electrons. The van der Waals surface area contributed by atoms with Gasteiger partial charge >= 0.3 is 0 Å². The molecule has 0 unspecified atom stereocenters. The lowest BCUT2D eigenvalue weighted by Crippen LogP contribution is -2.25. The second kappa shape index (κ2) is 20.1. The van der Waals surface area contributed by atoms with Crippen molar-refractivity contribution in [2.24, 2.45) is 0 Å². The Hall–Kier alpha value is -4.94. The van der Waals surface area contributed by atoms with Crippen molar-refractivity contribution in [1.29, 1.82) is 0 Å². The van der Waals surface area contributed by atoms with Crippen molar-refractivity contribution in [3.05, 3.63) is 156 Å². The van der Waals surface area contributed by atoms with Crippen LogP contribution in [-0.2, 0) is 10.8 Å². The fourth-order valence-electron chi connectivity index (χ4n) is 12.5. The van der Waals surface area contributed by atoms with Crippen LogP contribution in [0.3, 0.4) is 0 Å². The Morgan fingerprint density at radius 3 is 1.03 bits per heavy atom. The topological polar surface area (TPSA) is 0 Å². The molecule has 0 aromatic heterocycles. The number of hydrogen-bond donors (Lipinski definition) is 0. The van der Waals surface area contributed by atoms with Crippen LogP contribution in [0.15, 0.2) is 133 Å². The van der Waals surface area contributed by atoms with Crippen LogP contribution in [0.4, 0.5) is 0 Å². The molecular weight excluding hydrogens is 769 g/mol. The normalized spacial score (nSPS) is 14.2. The molecule has 9 rings (SSSR count). The second-order valence-corrected chi connectivity index (χ2v) is 19.9. The minimum atomic E-state index is 0.0717. The molecule has 2 aliphatic rings. The third-order valence-electron chi connectivity index (χ3n) is 15.9. The van der Waals surface area contributed by atoms with Gasteiger partial charge in [0.05, 0.1) is 0 Å². The summed E-state index contributed by atoms with van der Waals surface area (Å²) in [7, 11) is 0. The van der Waals surface area contributed by atoms with Gasteiger partial charge in [0.2, 0.25) is 0 Å².